The van der Waals surface area contributed by atoms with Gasteiger partial charge < -0.3 is 19.4 Å². The number of benzene rings is 2. The molecule has 0 spiro atoms. The Bertz CT molecular complexity index is 1110. The molecule has 0 aliphatic carbocycles. The van der Waals surface area contributed by atoms with Crippen LogP contribution in [-0.2, 0) is 17.3 Å². The van der Waals surface area contributed by atoms with Crippen molar-refractivity contribution in [2.24, 2.45) is 7.05 Å². The standard InChI is InChI=1S/C23H27ClN4O3S/c1-23(2,3)15-9-7-14(8-10-15)21-26-27-22(28(21)4)32-13-20(29)25-17-12-18(30-5)16(24)11-19(17)31-6/h7-12H,13H2,1-6H3,(H,25,29). The molecule has 7 nitrogen and oxygen atoms in total. The third-order valence-corrected chi connectivity index (χ3v) is 6.24. The predicted octanol–water partition coefficient (Wildman–Crippen LogP) is 5.18. The van der Waals surface area contributed by atoms with Crippen LogP contribution in [0.2, 0.25) is 5.02 Å². The molecule has 0 radical (unpaired) electrons. The number of hydrogen-bond donors (Lipinski definition) is 1. The third kappa shape index (κ3) is 5.37. The molecule has 1 aromatic heterocycles. The summed E-state index contributed by atoms with van der Waals surface area (Å²) in [5.74, 6) is 1.59. The first kappa shape index (κ1) is 23.9. The van der Waals surface area contributed by atoms with E-state index in [2.05, 4.69) is 48.4 Å². The van der Waals surface area contributed by atoms with Gasteiger partial charge in [0.15, 0.2) is 11.0 Å². The number of nitrogens with one attached hydrogen (secondary N) is 1. The molecule has 0 atom stereocenters. The van der Waals surface area contributed by atoms with Crippen LogP contribution in [0.3, 0.4) is 0 Å². The first-order valence-corrected chi connectivity index (χ1v) is 11.3. The zero-order valence-corrected chi connectivity index (χ0v) is 20.6. The highest BCUT2D eigenvalue weighted by molar-refractivity contribution is 7.99. The van der Waals surface area contributed by atoms with Gasteiger partial charge in [-0.2, -0.15) is 0 Å². The molecule has 0 aliphatic heterocycles. The normalized spacial score (nSPS) is 11.3. The Morgan fingerprint density at radius 2 is 1.75 bits per heavy atom. The van der Waals surface area contributed by atoms with Gasteiger partial charge in [-0.15, -0.1) is 10.2 Å². The Morgan fingerprint density at radius 3 is 2.34 bits per heavy atom. The van der Waals surface area contributed by atoms with E-state index in [9.17, 15) is 4.79 Å². The van der Waals surface area contributed by atoms with Gasteiger partial charge >= 0.3 is 0 Å². The molecule has 32 heavy (non-hydrogen) atoms. The molecular formula is C23H27ClN4O3S. The molecule has 3 rings (SSSR count). The maximum Gasteiger partial charge on any atom is 0.234 e. The van der Waals surface area contributed by atoms with Crippen LogP contribution in [0.4, 0.5) is 5.69 Å². The highest BCUT2D eigenvalue weighted by Gasteiger charge is 2.17. The van der Waals surface area contributed by atoms with Crippen molar-refractivity contribution in [3.8, 4) is 22.9 Å². The average molecular weight is 475 g/mol. The Morgan fingerprint density at radius 1 is 1.09 bits per heavy atom. The second-order valence-corrected chi connectivity index (χ2v) is 9.57. The van der Waals surface area contributed by atoms with Gasteiger partial charge in [-0.05, 0) is 11.0 Å². The van der Waals surface area contributed by atoms with Gasteiger partial charge in [-0.25, -0.2) is 0 Å². The molecular weight excluding hydrogens is 448 g/mol. The fourth-order valence-corrected chi connectivity index (χ4v) is 4.03. The summed E-state index contributed by atoms with van der Waals surface area (Å²) in [5, 5.41) is 12.4. The van der Waals surface area contributed by atoms with Gasteiger partial charge in [0.05, 0.1) is 30.7 Å². The smallest absolute Gasteiger partial charge is 0.234 e. The maximum absolute atomic E-state index is 12.5. The summed E-state index contributed by atoms with van der Waals surface area (Å²) in [5.41, 5.74) is 2.80. The zero-order valence-electron chi connectivity index (χ0n) is 19.0. The number of amides is 1. The van der Waals surface area contributed by atoms with Crippen molar-refractivity contribution in [2.45, 2.75) is 31.3 Å². The highest BCUT2D eigenvalue weighted by Crippen LogP contribution is 2.36. The second-order valence-electron chi connectivity index (χ2n) is 8.22. The number of ether oxygens (including phenoxy) is 2. The summed E-state index contributed by atoms with van der Waals surface area (Å²) < 4.78 is 12.4. The van der Waals surface area contributed by atoms with E-state index >= 15 is 0 Å². The monoisotopic (exact) mass is 474 g/mol. The van der Waals surface area contributed by atoms with Crippen LogP contribution < -0.4 is 14.8 Å². The van der Waals surface area contributed by atoms with E-state index in [0.717, 1.165) is 11.4 Å². The molecule has 170 valence electrons. The van der Waals surface area contributed by atoms with Crippen molar-refractivity contribution in [2.75, 3.05) is 25.3 Å². The topological polar surface area (TPSA) is 78.3 Å². The molecule has 1 N–H and O–H groups in total. The fraction of sp³-hybridized carbons (Fsp3) is 0.348. The number of aromatic nitrogens is 3. The Balaban J connectivity index is 1.68. The van der Waals surface area contributed by atoms with Crippen molar-refractivity contribution in [1.29, 1.82) is 0 Å². The van der Waals surface area contributed by atoms with E-state index in [1.54, 1.807) is 12.1 Å². The second kappa shape index (κ2) is 9.83. The first-order valence-electron chi connectivity index (χ1n) is 9.98. The van der Waals surface area contributed by atoms with E-state index in [4.69, 9.17) is 21.1 Å². The number of rotatable bonds is 7. The van der Waals surface area contributed by atoms with E-state index in [0.29, 0.717) is 27.4 Å². The quantitative estimate of drug-likeness (QED) is 0.475. The highest BCUT2D eigenvalue weighted by atomic mass is 35.5. The van der Waals surface area contributed by atoms with Crippen LogP contribution in [0.15, 0.2) is 41.6 Å². The van der Waals surface area contributed by atoms with Gasteiger partial charge in [0, 0.05) is 24.7 Å². The Labute approximate surface area is 197 Å². The van der Waals surface area contributed by atoms with Crippen molar-refractivity contribution >= 4 is 35.0 Å². The van der Waals surface area contributed by atoms with Crippen LogP contribution >= 0.6 is 23.4 Å². The molecule has 0 fully saturated rings. The molecule has 0 saturated heterocycles. The van der Waals surface area contributed by atoms with Crippen LogP contribution in [0, 0.1) is 0 Å². The summed E-state index contributed by atoms with van der Waals surface area (Å²) in [6.07, 6.45) is 0. The van der Waals surface area contributed by atoms with E-state index in [1.165, 1.54) is 31.5 Å². The minimum atomic E-state index is -0.211. The molecule has 0 aliphatic rings. The Hall–Kier alpha value is -2.71. The zero-order chi connectivity index (χ0) is 23.5. The van der Waals surface area contributed by atoms with Crippen LogP contribution in [-0.4, -0.2) is 40.6 Å². The minimum absolute atomic E-state index is 0.0869. The molecule has 0 unspecified atom stereocenters. The summed E-state index contributed by atoms with van der Waals surface area (Å²) >= 11 is 7.42. The fourth-order valence-electron chi connectivity index (χ4n) is 3.09. The number of carbonyl (C=O) groups excluding carboxylic acids is 1. The summed E-state index contributed by atoms with van der Waals surface area (Å²) in [6, 6.07) is 11.5. The molecule has 1 heterocycles. The number of nitrogens with zero attached hydrogens (tertiary/aromatic N) is 3. The van der Waals surface area contributed by atoms with Crippen molar-refractivity contribution in [3.05, 3.63) is 47.0 Å². The SMILES string of the molecule is COc1cc(NC(=O)CSc2nnc(-c3ccc(C(C)(C)C)cc3)n2C)c(OC)cc1Cl. The lowest BCUT2D eigenvalue weighted by Gasteiger charge is -2.19. The summed E-state index contributed by atoms with van der Waals surface area (Å²) in [7, 11) is 4.91. The van der Waals surface area contributed by atoms with Crippen LogP contribution in [0.5, 0.6) is 11.5 Å². The van der Waals surface area contributed by atoms with E-state index in [-0.39, 0.29) is 17.1 Å². The first-order chi connectivity index (χ1) is 15.1. The number of hydrogen-bond acceptors (Lipinski definition) is 6. The van der Waals surface area contributed by atoms with Gasteiger partial charge in [-0.1, -0.05) is 68.4 Å². The maximum atomic E-state index is 12.5. The molecule has 3 aromatic rings. The lowest BCUT2D eigenvalue weighted by atomic mass is 9.87. The molecule has 1 amide bonds. The molecule has 0 saturated carbocycles. The minimum Gasteiger partial charge on any atom is -0.495 e. The number of anilines is 1. The van der Waals surface area contributed by atoms with Gasteiger partial charge in [0.1, 0.15) is 11.5 Å². The number of thioether (sulfide) groups is 1. The number of halogens is 1. The van der Waals surface area contributed by atoms with Crippen molar-refractivity contribution < 1.29 is 14.3 Å². The lowest BCUT2D eigenvalue weighted by molar-refractivity contribution is -0.113. The molecule has 0 bridgehead atoms. The number of carbonyl (C=O) groups is 1. The lowest BCUT2D eigenvalue weighted by Crippen LogP contribution is -2.15. The Kier molecular flexibility index (Phi) is 7.36. The van der Waals surface area contributed by atoms with Gasteiger partial charge in [0.2, 0.25) is 5.91 Å². The number of methoxy groups -OCH3 is 2. The predicted molar refractivity (Wildman–Crippen MR) is 129 cm³/mol. The van der Waals surface area contributed by atoms with Gasteiger partial charge in [0.25, 0.3) is 0 Å². The van der Waals surface area contributed by atoms with Crippen LogP contribution in [0.1, 0.15) is 26.3 Å². The molecule has 9 heteroatoms. The summed E-state index contributed by atoms with van der Waals surface area (Å²) in [4.78, 5) is 12.5. The van der Waals surface area contributed by atoms with E-state index in [1.807, 2.05) is 23.7 Å². The molecule has 2 aromatic carbocycles. The van der Waals surface area contributed by atoms with Gasteiger partial charge in [-0.3, -0.25) is 4.79 Å². The van der Waals surface area contributed by atoms with Crippen molar-refractivity contribution in [1.82, 2.24) is 14.8 Å². The van der Waals surface area contributed by atoms with Crippen LogP contribution in [0.25, 0.3) is 11.4 Å². The summed E-state index contributed by atoms with van der Waals surface area (Å²) in [6.45, 7) is 6.54. The third-order valence-electron chi connectivity index (χ3n) is 4.92. The largest absolute Gasteiger partial charge is 0.495 e. The van der Waals surface area contributed by atoms with Crippen molar-refractivity contribution in [3.63, 3.8) is 0 Å². The average Bonchev–Trinajstić information content (AvgIpc) is 3.13. The van der Waals surface area contributed by atoms with E-state index < -0.39 is 0 Å².